The van der Waals surface area contributed by atoms with Crippen LogP contribution in [0.2, 0.25) is 0 Å². The summed E-state index contributed by atoms with van der Waals surface area (Å²) < 4.78 is 45.2. The van der Waals surface area contributed by atoms with Gasteiger partial charge in [-0.05, 0) is 120 Å². The van der Waals surface area contributed by atoms with Gasteiger partial charge < -0.3 is 103 Å². The number of rotatable bonds is 23. The summed E-state index contributed by atoms with van der Waals surface area (Å²) in [5, 5.41) is 67.4. The van der Waals surface area contributed by atoms with Crippen LogP contribution in [0.4, 0.5) is 13.2 Å². The second kappa shape index (κ2) is 49.9. The molecule has 4 heterocycles. The van der Waals surface area contributed by atoms with E-state index < -0.39 is 265 Å². The first-order valence-corrected chi connectivity index (χ1v) is 47.4. The molecule has 0 bridgehead atoms. The van der Waals surface area contributed by atoms with E-state index in [2.05, 4.69) is 52.8 Å². The summed E-state index contributed by atoms with van der Waals surface area (Å²) in [6.07, 6.45) is -3.03. The maximum atomic E-state index is 15.8. The first-order valence-electron chi connectivity index (χ1n) is 46.3. The van der Waals surface area contributed by atoms with Crippen molar-refractivity contribution in [1.29, 1.82) is 0 Å². The van der Waals surface area contributed by atoms with Crippen molar-refractivity contribution >= 4 is 117 Å². The molecule has 0 aliphatic carbocycles. The molecule has 15 atom stereocenters. The van der Waals surface area contributed by atoms with Crippen LogP contribution in [0.3, 0.4) is 0 Å². The van der Waals surface area contributed by atoms with Gasteiger partial charge >= 0.3 is 5.97 Å². The Balaban J connectivity index is 1.06. The molecule has 15 amide bonds. The highest BCUT2D eigenvalue weighted by Gasteiger charge is 2.48. The number of carbonyl (C=O) groups excluding carboxylic acids is 15. The van der Waals surface area contributed by atoms with E-state index in [1.54, 1.807) is 145 Å². The summed E-state index contributed by atoms with van der Waals surface area (Å²) >= 11 is 0.665. The summed E-state index contributed by atoms with van der Waals surface area (Å²) in [6.45, 7) is 8.60. The fraction of sp³-hybridized carbons (Fsp3) is 0.455. The lowest BCUT2D eigenvalue weighted by Crippen LogP contribution is -2.61. The van der Waals surface area contributed by atoms with Crippen LogP contribution >= 0.6 is 11.8 Å². The number of hydrogen-bond donors (Lipinski definition) is 15. The summed E-state index contributed by atoms with van der Waals surface area (Å²) in [6, 6.07) is 15.5. The number of nitrogens with one attached hydrogen (secondary N) is 10. The minimum atomic E-state index is -2.02. The number of fused-ring (bicyclic) bond motifs is 3. The van der Waals surface area contributed by atoms with Gasteiger partial charge in [-0.3, -0.25) is 76.7 Å². The number of phenols is 2. The van der Waals surface area contributed by atoms with E-state index in [1.165, 1.54) is 62.4 Å². The molecule has 1 aromatic heterocycles. The molecule has 139 heavy (non-hydrogen) atoms. The number of likely N-dealkylation sites (N-methyl/N-ethyl adjacent to an activating group) is 3. The molecule has 3 aliphatic heterocycles. The third-order valence-corrected chi connectivity index (χ3v) is 26.1. The summed E-state index contributed by atoms with van der Waals surface area (Å²) in [4.78, 5) is 247. The van der Waals surface area contributed by atoms with Gasteiger partial charge in [-0.15, -0.1) is 11.8 Å². The number of aliphatic hydroxyl groups excluding tert-OH is 1. The molecule has 36 nitrogen and oxygen atoms in total. The number of H-pyrrole nitrogens is 1. The maximum Gasteiger partial charge on any atom is 0.305 e. The molecular weight excluding hydrogens is 1820 g/mol. The number of phenolic OH excluding ortho intramolecular Hbond substituents is 2. The Hall–Kier alpha value is -13.9. The molecule has 0 radical (unpaired) electrons. The number of carbonyl (C=O) groups is 16. The maximum absolute atomic E-state index is 15.8. The van der Waals surface area contributed by atoms with Gasteiger partial charge in [-0.25, -0.2) is 13.2 Å². The van der Waals surface area contributed by atoms with Crippen molar-refractivity contribution in [3.8, 4) is 11.5 Å². The number of primary amides is 1. The number of thioether (sulfide) groups is 1. The normalized spacial score (nSPS) is 23.9. The lowest BCUT2D eigenvalue weighted by molar-refractivity contribution is -0.152. The number of nitrogens with zero attached hydrogens (tertiary/aromatic N) is 5. The molecule has 3 aliphatic rings. The number of unbranched alkanes of at least 4 members (excludes halogenated alkanes) is 1. The minimum Gasteiger partial charge on any atom is -0.508 e. The van der Waals surface area contributed by atoms with E-state index in [0.717, 1.165) is 19.6 Å². The topological polar surface area (TPSA) is 520 Å². The molecule has 0 unspecified atom stereocenters. The fourth-order valence-electron chi connectivity index (χ4n) is 17.5. The lowest BCUT2D eigenvalue weighted by Gasteiger charge is -2.38. The summed E-state index contributed by atoms with van der Waals surface area (Å²) in [7, 11) is 3.70. The molecule has 16 N–H and O–H groups in total. The van der Waals surface area contributed by atoms with Crippen LogP contribution < -0.4 is 53.6 Å². The number of hydrogen-bond acceptors (Lipinski definition) is 20. The number of aromatic amines is 1. The van der Waals surface area contributed by atoms with Gasteiger partial charge in [-0.2, -0.15) is 0 Å². The van der Waals surface area contributed by atoms with E-state index in [-0.39, 0.29) is 81.4 Å². The second-order valence-electron chi connectivity index (χ2n) is 36.4. The van der Waals surface area contributed by atoms with E-state index >= 15 is 56.7 Å². The zero-order chi connectivity index (χ0) is 101. The molecular formula is C99H123F3N16O20S. The smallest absolute Gasteiger partial charge is 0.305 e. The van der Waals surface area contributed by atoms with Crippen LogP contribution in [0.25, 0.3) is 10.9 Å². The van der Waals surface area contributed by atoms with Crippen molar-refractivity contribution in [3.63, 3.8) is 0 Å². The van der Waals surface area contributed by atoms with Crippen LogP contribution in [0.15, 0.2) is 152 Å². The zero-order valence-electron chi connectivity index (χ0n) is 78.9. The lowest BCUT2D eigenvalue weighted by atomic mass is 9.91. The molecule has 6 aromatic carbocycles. The molecule has 0 saturated carbocycles. The quantitative estimate of drug-likeness (QED) is 0.0406. The first kappa shape index (κ1) is 107. The Morgan fingerprint density at radius 1 is 0.540 bits per heavy atom. The first-order chi connectivity index (χ1) is 66.1. The van der Waals surface area contributed by atoms with E-state index in [1.807, 2.05) is 0 Å². The number of aliphatic hydroxyl groups is 1. The van der Waals surface area contributed by atoms with E-state index in [4.69, 9.17) is 5.73 Å². The van der Waals surface area contributed by atoms with E-state index in [0.29, 0.717) is 69.0 Å². The minimum absolute atomic E-state index is 0.00891. The highest BCUT2D eigenvalue weighted by Crippen LogP contribution is 2.32. The van der Waals surface area contributed by atoms with E-state index in [9.17, 15) is 53.6 Å². The number of aromatic hydroxyl groups is 2. The predicted octanol–water partition coefficient (Wildman–Crippen LogP) is 3.73. The Labute approximate surface area is 806 Å². The van der Waals surface area contributed by atoms with Crippen LogP contribution in [0.1, 0.15) is 139 Å². The van der Waals surface area contributed by atoms with Crippen molar-refractivity contribution in [2.45, 2.75) is 222 Å². The number of amides is 15. The summed E-state index contributed by atoms with van der Waals surface area (Å²) in [5.41, 5.74) is 8.08. The molecule has 7 aromatic rings. The van der Waals surface area contributed by atoms with Gasteiger partial charge in [0.1, 0.15) is 84.0 Å². The molecule has 0 spiro atoms. The van der Waals surface area contributed by atoms with Crippen molar-refractivity contribution in [1.82, 2.24) is 77.3 Å². The van der Waals surface area contributed by atoms with Gasteiger partial charge in [0.15, 0.2) is 17.5 Å². The van der Waals surface area contributed by atoms with Gasteiger partial charge in [0.05, 0.1) is 24.8 Å². The Kier molecular flexibility index (Phi) is 38.5. The molecule has 746 valence electrons. The van der Waals surface area contributed by atoms with Gasteiger partial charge in [0, 0.05) is 108 Å². The monoisotopic (exact) mass is 1940 g/mol. The second-order valence-corrected chi connectivity index (χ2v) is 37.4. The molecule has 40 heteroatoms. The Bertz CT molecular complexity index is 5550. The van der Waals surface area contributed by atoms with Crippen molar-refractivity contribution in [2.24, 2.45) is 17.6 Å². The van der Waals surface area contributed by atoms with Crippen LogP contribution in [0, 0.1) is 29.3 Å². The Morgan fingerprint density at radius 3 is 1.68 bits per heavy atom. The van der Waals surface area contributed by atoms with Crippen LogP contribution in [0.5, 0.6) is 11.5 Å². The number of nitrogens with two attached hydrogens (primary N) is 1. The SMILES string of the molecule is CCCC[C@H]1C(=O)N2C[C@@H](O)C[C@@H]2C(=O)N[C@@H](CC(=O)O)C(=O)N[C@@H](C(C)C)C(=O)N(C)[C@@H](Cc2ccccc2)C(=O)N[C@@H](Cc2ccc(O)cc2)CC(=O)N2CCC[C@@H]2C(=O)N[C@@H]([C@@H](C)c2c[nH]c3ccccc23)C(=O)N[C@@H](Cc2ccc(O)cc2)C(=O)N[C@@H](CC(C)C)C(=O)N[C@H](C(=O)NCC(N)=O)CSCC(=O)N[C@@H](Cc2cc(F)c(F)c(F)c2)C(=O)N(C)[C@@H](Cc2ccccc2)C(=O)N1C. The fourth-order valence-corrected chi connectivity index (χ4v) is 18.4. The number of carboxylic acids is 1. The van der Waals surface area contributed by atoms with Crippen molar-refractivity contribution in [2.75, 3.05) is 52.3 Å². The Morgan fingerprint density at radius 2 is 1.08 bits per heavy atom. The third-order valence-electron chi connectivity index (χ3n) is 25.1. The van der Waals surface area contributed by atoms with Crippen LogP contribution in [-0.4, -0.2) is 281 Å². The largest absolute Gasteiger partial charge is 0.508 e. The number of para-hydroxylation sites is 1. The number of halogens is 3. The highest BCUT2D eigenvalue weighted by molar-refractivity contribution is 8.00. The number of benzene rings is 6. The van der Waals surface area contributed by atoms with Crippen LogP contribution in [-0.2, 0) is 109 Å². The highest BCUT2D eigenvalue weighted by atomic mass is 32.2. The zero-order valence-corrected chi connectivity index (χ0v) is 79.7. The number of aliphatic carboxylic acids is 1. The van der Waals surface area contributed by atoms with Crippen molar-refractivity contribution < 1.29 is 110 Å². The molecule has 3 fully saturated rings. The summed E-state index contributed by atoms with van der Waals surface area (Å²) in [5.74, 6) is -25.2. The number of aromatic nitrogens is 1. The van der Waals surface area contributed by atoms with Gasteiger partial charge in [0.25, 0.3) is 0 Å². The standard InChI is InChI=1S/C99H123F3N16O20S/c1-10-11-27-77-98(137)118-51-65(121)47-79(118)94(133)109-73(48-84(125)126)91(130)112-86(55(4)5)99(138)115(8)78(44-57-21-14-12-15-22-57)93(132)106-62(39-59-29-33-63(119)34-30-59)46-83(124)117-37-20-28-76(117)92(131)113-87(56(6)67-49-104-70-26-19-18-25-66(67)70)95(134)110-72(42-60-31-35-64(120)36-32-60)90(129)108-71(38-54(2)3)89(128)111-75(88(127)105-50-81(103)122)52-139-53-82(123)107-74(43-61-40-68(100)85(102)69(101)41-61)96(135)116(9)80(97(136)114(77)7)45-58-23-16-13-17-24-58/h12-19,21-26,29-36,40-41,49,54-56,62,65,71-80,86-87,104,119-121H,10-11,20,27-28,37-39,42-48,50-53H2,1-9H3,(H2,103,122)(H,105,127)(H,106,132)(H,107,123)(H,108,129)(H,109,133)(H,110,134)(H,111,128)(H,112,130)(H,113,131)(H,125,126)/t56-,62-,65-,71-,72-,73-,74-,75-,76+,77-,78-,79+,80-,86-,87-/m0/s1. The molecule has 3 saturated heterocycles. The van der Waals surface area contributed by atoms with Crippen molar-refractivity contribution in [3.05, 3.63) is 203 Å². The molecule has 10 rings (SSSR count). The van der Waals surface area contributed by atoms with Gasteiger partial charge in [0.2, 0.25) is 88.6 Å². The van der Waals surface area contributed by atoms with Gasteiger partial charge in [-0.1, -0.05) is 158 Å². The predicted molar refractivity (Wildman–Crippen MR) is 507 cm³/mol. The average molecular weight is 1950 g/mol. The average Bonchev–Trinajstić information content (AvgIpc) is 1.76. The number of carboxylic acid groups (broad SMARTS) is 1. The third kappa shape index (κ3) is 29.3.